The molecule has 4 aromatic rings. The number of hydrogen-bond acceptors (Lipinski definition) is 5. The number of rotatable bonds is 5. The molecular formula is C22H15Cl2N3OS. The van der Waals surface area contributed by atoms with Gasteiger partial charge in [-0.15, -0.1) is 0 Å². The molecule has 0 aliphatic carbocycles. The predicted molar refractivity (Wildman–Crippen MR) is 122 cm³/mol. The number of aromatic nitrogens is 1. The van der Waals surface area contributed by atoms with Crippen molar-refractivity contribution in [3.63, 3.8) is 0 Å². The van der Waals surface area contributed by atoms with E-state index in [0.717, 1.165) is 16.8 Å². The third-order valence-electron chi connectivity index (χ3n) is 4.28. The molecule has 29 heavy (non-hydrogen) atoms. The highest BCUT2D eigenvalue weighted by atomic mass is 35.5. The van der Waals surface area contributed by atoms with Gasteiger partial charge in [0, 0.05) is 11.3 Å². The summed E-state index contributed by atoms with van der Waals surface area (Å²) in [6.45, 7) is 0. The lowest BCUT2D eigenvalue weighted by atomic mass is 10.0. The fourth-order valence-corrected chi connectivity index (χ4v) is 3.98. The zero-order valence-corrected chi connectivity index (χ0v) is 17.4. The Bertz CT molecular complexity index is 1170. The number of nitrogens with two attached hydrogens (primary N) is 1. The number of carbonyl (C=O) groups excluding carboxylic acids is 1. The number of para-hydroxylation sites is 1. The molecular weight excluding hydrogens is 425 g/mol. The van der Waals surface area contributed by atoms with Gasteiger partial charge >= 0.3 is 0 Å². The number of benzene rings is 3. The van der Waals surface area contributed by atoms with Gasteiger partial charge in [-0.2, -0.15) is 0 Å². The van der Waals surface area contributed by atoms with E-state index in [2.05, 4.69) is 10.3 Å². The second-order valence-electron chi connectivity index (χ2n) is 6.26. The molecule has 1 heterocycles. The number of nitrogen functional groups attached to an aromatic ring is 1. The van der Waals surface area contributed by atoms with Crippen LogP contribution in [-0.2, 0) is 0 Å². The van der Waals surface area contributed by atoms with E-state index in [-0.39, 0.29) is 11.6 Å². The van der Waals surface area contributed by atoms with Gasteiger partial charge in [-0.3, -0.25) is 4.79 Å². The van der Waals surface area contributed by atoms with E-state index < -0.39 is 0 Å². The standard InChI is InChI=1S/C22H15Cl2N3OS/c23-17-11-10-15(12-18(17)24)13-6-8-14(9-7-13)19(28)20-21(25)27-22(29-20)26-16-4-2-1-3-5-16/h1-12H,25H2,(H,26,27). The van der Waals surface area contributed by atoms with Crippen LogP contribution in [0.3, 0.4) is 0 Å². The first-order chi connectivity index (χ1) is 14.0. The number of ketones is 1. The fourth-order valence-electron chi connectivity index (χ4n) is 2.81. The summed E-state index contributed by atoms with van der Waals surface area (Å²) >= 11 is 13.3. The van der Waals surface area contributed by atoms with E-state index in [1.54, 1.807) is 24.3 Å². The minimum Gasteiger partial charge on any atom is -0.382 e. The van der Waals surface area contributed by atoms with Crippen LogP contribution in [-0.4, -0.2) is 10.8 Å². The van der Waals surface area contributed by atoms with Crippen molar-refractivity contribution in [1.82, 2.24) is 4.98 Å². The number of carbonyl (C=O) groups is 1. The Balaban J connectivity index is 1.56. The number of anilines is 3. The first-order valence-electron chi connectivity index (χ1n) is 8.70. The summed E-state index contributed by atoms with van der Waals surface area (Å²) in [5.41, 5.74) is 9.27. The molecule has 3 N–H and O–H groups in total. The van der Waals surface area contributed by atoms with Gasteiger partial charge in [-0.05, 0) is 35.4 Å². The van der Waals surface area contributed by atoms with Gasteiger partial charge in [0.1, 0.15) is 10.7 Å². The van der Waals surface area contributed by atoms with Crippen molar-refractivity contribution >= 4 is 57.0 Å². The maximum Gasteiger partial charge on any atom is 0.206 e. The number of halogens is 2. The Morgan fingerprint density at radius 2 is 1.59 bits per heavy atom. The average Bonchev–Trinajstić information content (AvgIpc) is 3.10. The third kappa shape index (κ3) is 4.27. The van der Waals surface area contributed by atoms with Gasteiger partial charge in [0.2, 0.25) is 5.78 Å². The number of thiazole rings is 1. The Kier molecular flexibility index (Phi) is 5.53. The molecule has 7 heteroatoms. The largest absolute Gasteiger partial charge is 0.382 e. The first kappa shape index (κ1) is 19.5. The molecule has 3 aromatic carbocycles. The van der Waals surface area contributed by atoms with Gasteiger partial charge in [0.15, 0.2) is 5.13 Å². The lowest BCUT2D eigenvalue weighted by molar-refractivity contribution is 0.104. The van der Waals surface area contributed by atoms with Crippen LogP contribution in [0.2, 0.25) is 10.0 Å². The van der Waals surface area contributed by atoms with Gasteiger partial charge in [-0.1, -0.05) is 83.1 Å². The quantitative estimate of drug-likeness (QED) is 0.340. The molecule has 4 nitrogen and oxygen atoms in total. The Morgan fingerprint density at radius 1 is 0.897 bits per heavy atom. The van der Waals surface area contributed by atoms with Crippen molar-refractivity contribution in [3.8, 4) is 11.1 Å². The van der Waals surface area contributed by atoms with Crippen molar-refractivity contribution < 1.29 is 4.79 Å². The maximum absolute atomic E-state index is 12.9. The van der Waals surface area contributed by atoms with Gasteiger partial charge < -0.3 is 11.1 Å². The van der Waals surface area contributed by atoms with Crippen molar-refractivity contribution in [2.75, 3.05) is 11.1 Å². The molecule has 0 aliphatic heterocycles. The summed E-state index contributed by atoms with van der Waals surface area (Å²) in [6.07, 6.45) is 0. The van der Waals surface area contributed by atoms with Crippen molar-refractivity contribution in [1.29, 1.82) is 0 Å². The van der Waals surface area contributed by atoms with Crippen LogP contribution >= 0.6 is 34.5 Å². The second-order valence-corrected chi connectivity index (χ2v) is 8.07. The van der Waals surface area contributed by atoms with E-state index in [4.69, 9.17) is 28.9 Å². The molecule has 1 aromatic heterocycles. The highest BCUT2D eigenvalue weighted by Gasteiger charge is 2.18. The topological polar surface area (TPSA) is 68.0 Å². The highest BCUT2D eigenvalue weighted by molar-refractivity contribution is 7.18. The number of nitrogens with zero attached hydrogens (tertiary/aromatic N) is 1. The van der Waals surface area contributed by atoms with Crippen LogP contribution in [0.15, 0.2) is 72.8 Å². The maximum atomic E-state index is 12.9. The zero-order valence-electron chi connectivity index (χ0n) is 15.0. The van der Waals surface area contributed by atoms with Crippen LogP contribution < -0.4 is 11.1 Å². The summed E-state index contributed by atoms with van der Waals surface area (Å²) in [5.74, 6) is 0.0498. The molecule has 0 saturated heterocycles. The van der Waals surface area contributed by atoms with Crippen LogP contribution in [0, 0.1) is 0 Å². The van der Waals surface area contributed by atoms with E-state index in [1.165, 1.54) is 11.3 Å². The van der Waals surface area contributed by atoms with Crippen molar-refractivity contribution in [2.24, 2.45) is 0 Å². The molecule has 0 atom stereocenters. The number of hydrogen-bond donors (Lipinski definition) is 2. The highest BCUT2D eigenvalue weighted by Crippen LogP contribution is 2.31. The Labute approximate surface area is 181 Å². The van der Waals surface area contributed by atoms with Crippen molar-refractivity contribution in [2.45, 2.75) is 0 Å². The van der Waals surface area contributed by atoms with Gasteiger partial charge in [0.25, 0.3) is 0 Å². The van der Waals surface area contributed by atoms with Crippen LogP contribution in [0.1, 0.15) is 15.2 Å². The Morgan fingerprint density at radius 3 is 2.28 bits per heavy atom. The Hall–Kier alpha value is -2.86. The molecule has 0 saturated carbocycles. The zero-order chi connectivity index (χ0) is 20.4. The lowest BCUT2D eigenvalue weighted by Gasteiger charge is -2.05. The predicted octanol–water partition coefficient (Wildman–Crippen LogP) is 6.67. The molecule has 4 rings (SSSR count). The second kappa shape index (κ2) is 8.25. The first-order valence-corrected chi connectivity index (χ1v) is 10.3. The molecule has 0 fully saturated rings. The van der Waals surface area contributed by atoms with Crippen LogP contribution in [0.5, 0.6) is 0 Å². The number of nitrogens with one attached hydrogen (secondary N) is 1. The average molecular weight is 440 g/mol. The molecule has 144 valence electrons. The third-order valence-corrected chi connectivity index (χ3v) is 6.01. The monoisotopic (exact) mass is 439 g/mol. The summed E-state index contributed by atoms with van der Waals surface area (Å²) in [6, 6.07) is 22.3. The van der Waals surface area contributed by atoms with E-state index in [1.807, 2.05) is 48.5 Å². The minimum atomic E-state index is -0.165. The molecule has 0 aliphatic rings. The van der Waals surface area contributed by atoms with Crippen LogP contribution in [0.4, 0.5) is 16.6 Å². The molecule has 0 radical (unpaired) electrons. The summed E-state index contributed by atoms with van der Waals surface area (Å²) < 4.78 is 0. The normalized spacial score (nSPS) is 10.7. The fraction of sp³-hybridized carbons (Fsp3) is 0. The SMILES string of the molecule is Nc1nc(Nc2ccccc2)sc1C(=O)c1ccc(-c2ccc(Cl)c(Cl)c2)cc1. The summed E-state index contributed by atoms with van der Waals surface area (Å²) in [7, 11) is 0. The minimum absolute atomic E-state index is 0.165. The smallest absolute Gasteiger partial charge is 0.206 e. The van der Waals surface area contributed by atoms with Gasteiger partial charge in [0.05, 0.1) is 10.0 Å². The summed E-state index contributed by atoms with van der Waals surface area (Å²) in [5, 5.41) is 4.73. The van der Waals surface area contributed by atoms with E-state index in [9.17, 15) is 4.79 Å². The van der Waals surface area contributed by atoms with E-state index >= 15 is 0 Å². The summed E-state index contributed by atoms with van der Waals surface area (Å²) in [4.78, 5) is 17.6. The van der Waals surface area contributed by atoms with E-state index in [0.29, 0.717) is 25.6 Å². The molecule has 0 spiro atoms. The molecule has 0 bridgehead atoms. The van der Waals surface area contributed by atoms with Crippen LogP contribution in [0.25, 0.3) is 11.1 Å². The molecule has 0 unspecified atom stereocenters. The lowest BCUT2D eigenvalue weighted by Crippen LogP contribution is -2.02. The molecule has 0 amide bonds. The van der Waals surface area contributed by atoms with Gasteiger partial charge in [-0.25, -0.2) is 4.98 Å². The van der Waals surface area contributed by atoms with Crippen molar-refractivity contribution in [3.05, 3.63) is 93.3 Å².